The maximum absolute atomic E-state index is 12.5. The van der Waals surface area contributed by atoms with Crippen LogP contribution in [0.25, 0.3) is 0 Å². The van der Waals surface area contributed by atoms with Crippen molar-refractivity contribution in [1.29, 1.82) is 0 Å². The molecule has 6 nitrogen and oxygen atoms in total. The normalized spacial score (nSPS) is 12.5. The van der Waals surface area contributed by atoms with Crippen molar-refractivity contribution in [1.82, 2.24) is 5.32 Å². The molecule has 2 unspecified atom stereocenters. The SMILES string of the molecule is CCCCCCCCCCCCCCCC/C=C/C(O)C(CO)NC(=O)CCCCCCCCCCCCCCCCCCCCCCCCCCCCCCCCCOC(=O)CCCCCCCCCCCCCCCCCCC. The van der Waals surface area contributed by atoms with Gasteiger partial charge in [0.2, 0.25) is 5.91 Å². The average molecular weight is 1140 g/mol. The molecule has 0 rings (SSSR count). The molecule has 0 aromatic rings. The first-order valence-electron chi connectivity index (χ1n) is 37.5. The van der Waals surface area contributed by atoms with Gasteiger partial charge in [0.05, 0.1) is 25.4 Å². The van der Waals surface area contributed by atoms with Gasteiger partial charge in [-0.3, -0.25) is 9.59 Å². The second kappa shape index (κ2) is 71.1. The third kappa shape index (κ3) is 67.6. The molecule has 2 atom stereocenters. The first kappa shape index (κ1) is 79.6. The van der Waals surface area contributed by atoms with E-state index in [4.69, 9.17) is 4.74 Å². The Balaban J connectivity index is 3.32. The maximum Gasteiger partial charge on any atom is 0.305 e. The molecule has 0 bridgehead atoms. The Morgan fingerprint density at radius 2 is 0.568 bits per heavy atom. The van der Waals surface area contributed by atoms with E-state index in [1.165, 1.54) is 366 Å². The summed E-state index contributed by atoms with van der Waals surface area (Å²) in [4.78, 5) is 24.6. The van der Waals surface area contributed by atoms with Crippen molar-refractivity contribution in [3.05, 3.63) is 12.2 Å². The second-order valence-corrected chi connectivity index (χ2v) is 26.0. The third-order valence-electron chi connectivity index (χ3n) is 17.8. The Morgan fingerprint density at radius 1 is 0.333 bits per heavy atom. The van der Waals surface area contributed by atoms with E-state index in [1.807, 2.05) is 6.08 Å². The average Bonchev–Trinajstić information content (AvgIpc) is 3.47. The van der Waals surface area contributed by atoms with Gasteiger partial charge in [0, 0.05) is 12.8 Å². The number of carbonyl (C=O) groups is 2. The van der Waals surface area contributed by atoms with Gasteiger partial charge in [0.25, 0.3) is 0 Å². The van der Waals surface area contributed by atoms with Crippen LogP contribution in [-0.2, 0) is 14.3 Å². The standard InChI is InChI=1S/C75H147NO5/c1-3-5-7-9-11-13-15-17-19-36-41-45-49-53-57-61-65-69-75(80)81-70-66-62-58-54-50-46-42-38-35-33-31-29-27-25-23-21-22-24-26-28-30-32-34-37-40-44-48-52-56-60-64-68-74(79)76-72(71-77)73(78)67-63-59-55-51-47-43-39-20-18-16-14-12-10-8-6-4-2/h63,67,72-73,77-78H,3-62,64-66,68-71H2,1-2H3,(H,76,79)/b67-63+. The van der Waals surface area contributed by atoms with Crippen molar-refractivity contribution >= 4 is 11.9 Å². The molecular weight excluding hydrogens is 995 g/mol. The lowest BCUT2D eigenvalue weighted by Crippen LogP contribution is -2.45. The van der Waals surface area contributed by atoms with Gasteiger partial charge in [-0.2, -0.15) is 0 Å². The van der Waals surface area contributed by atoms with Gasteiger partial charge in [-0.1, -0.05) is 398 Å². The van der Waals surface area contributed by atoms with E-state index in [-0.39, 0.29) is 18.5 Å². The van der Waals surface area contributed by atoms with Crippen molar-refractivity contribution in [2.45, 2.75) is 443 Å². The zero-order valence-corrected chi connectivity index (χ0v) is 55.3. The fourth-order valence-corrected chi connectivity index (χ4v) is 12.1. The molecule has 0 saturated heterocycles. The molecule has 0 aliphatic heterocycles. The van der Waals surface area contributed by atoms with Crippen LogP contribution >= 0.6 is 0 Å². The molecule has 0 saturated carbocycles. The van der Waals surface area contributed by atoms with Crippen LogP contribution in [0.2, 0.25) is 0 Å². The third-order valence-corrected chi connectivity index (χ3v) is 17.8. The number of esters is 1. The molecule has 6 heteroatoms. The van der Waals surface area contributed by atoms with Gasteiger partial charge in [-0.15, -0.1) is 0 Å². The fourth-order valence-electron chi connectivity index (χ4n) is 12.1. The van der Waals surface area contributed by atoms with Gasteiger partial charge in [-0.05, 0) is 32.1 Å². The van der Waals surface area contributed by atoms with E-state index in [9.17, 15) is 19.8 Å². The molecule has 482 valence electrons. The van der Waals surface area contributed by atoms with Crippen molar-refractivity contribution in [2.24, 2.45) is 0 Å². The van der Waals surface area contributed by atoms with Crippen LogP contribution in [0.3, 0.4) is 0 Å². The zero-order chi connectivity index (χ0) is 58.5. The molecule has 0 aliphatic rings. The van der Waals surface area contributed by atoms with Crippen LogP contribution in [0.15, 0.2) is 12.2 Å². The number of unbranched alkanes of at least 4 members (excludes halogenated alkanes) is 60. The number of aliphatic hydroxyl groups excluding tert-OH is 2. The quantitative estimate of drug-likeness (QED) is 0.0320. The summed E-state index contributed by atoms with van der Waals surface area (Å²) in [5.74, 6) is -0.0347. The second-order valence-electron chi connectivity index (χ2n) is 26.0. The number of carbonyl (C=O) groups excluding carboxylic acids is 2. The van der Waals surface area contributed by atoms with E-state index in [0.29, 0.717) is 19.4 Å². The van der Waals surface area contributed by atoms with Gasteiger partial charge in [0.1, 0.15) is 0 Å². The number of nitrogens with one attached hydrogen (secondary N) is 1. The molecule has 0 aliphatic carbocycles. The number of amides is 1. The summed E-state index contributed by atoms with van der Waals surface area (Å²) in [7, 11) is 0. The van der Waals surface area contributed by atoms with E-state index in [2.05, 4.69) is 19.2 Å². The van der Waals surface area contributed by atoms with Crippen molar-refractivity contribution < 1.29 is 24.5 Å². The summed E-state index contributed by atoms with van der Waals surface area (Å²) >= 11 is 0. The maximum atomic E-state index is 12.5. The lowest BCUT2D eigenvalue weighted by Gasteiger charge is -2.20. The Hall–Kier alpha value is -1.40. The van der Waals surface area contributed by atoms with Crippen LogP contribution in [0.1, 0.15) is 431 Å². The van der Waals surface area contributed by atoms with E-state index in [0.717, 1.165) is 38.5 Å². The summed E-state index contributed by atoms with van der Waals surface area (Å²) in [6, 6.07) is -0.624. The number of hydrogen-bond acceptors (Lipinski definition) is 5. The van der Waals surface area contributed by atoms with Crippen LogP contribution in [0, 0.1) is 0 Å². The van der Waals surface area contributed by atoms with E-state index >= 15 is 0 Å². The van der Waals surface area contributed by atoms with Gasteiger partial charge < -0.3 is 20.3 Å². The minimum absolute atomic E-state index is 0.0254. The summed E-state index contributed by atoms with van der Waals surface area (Å²) < 4.78 is 5.51. The molecule has 81 heavy (non-hydrogen) atoms. The van der Waals surface area contributed by atoms with Gasteiger partial charge >= 0.3 is 5.97 Å². The Labute approximate surface area is 508 Å². The lowest BCUT2D eigenvalue weighted by atomic mass is 10.0. The Morgan fingerprint density at radius 3 is 0.840 bits per heavy atom. The molecule has 3 N–H and O–H groups in total. The molecule has 0 aromatic heterocycles. The molecular formula is C75H147NO5. The Bertz CT molecular complexity index is 1220. The van der Waals surface area contributed by atoms with E-state index < -0.39 is 12.1 Å². The highest BCUT2D eigenvalue weighted by Crippen LogP contribution is 2.20. The highest BCUT2D eigenvalue weighted by Gasteiger charge is 2.18. The highest BCUT2D eigenvalue weighted by atomic mass is 16.5. The first-order valence-corrected chi connectivity index (χ1v) is 37.5. The predicted molar refractivity (Wildman–Crippen MR) is 357 cm³/mol. The van der Waals surface area contributed by atoms with Crippen LogP contribution in [0.5, 0.6) is 0 Å². The predicted octanol–water partition coefficient (Wildman–Crippen LogP) is 24.3. The molecule has 0 aromatic carbocycles. The minimum atomic E-state index is -0.841. The smallest absolute Gasteiger partial charge is 0.305 e. The largest absolute Gasteiger partial charge is 0.466 e. The molecule has 1 amide bonds. The van der Waals surface area contributed by atoms with Crippen molar-refractivity contribution in [3.8, 4) is 0 Å². The number of aliphatic hydroxyl groups is 2. The zero-order valence-electron chi connectivity index (χ0n) is 55.3. The number of allylic oxidation sites excluding steroid dienone is 1. The molecule has 0 spiro atoms. The Kier molecular flexibility index (Phi) is 69.9. The molecule has 0 heterocycles. The van der Waals surface area contributed by atoms with Crippen molar-refractivity contribution in [2.75, 3.05) is 13.2 Å². The van der Waals surface area contributed by atoms with E-state index in [1.54, 1.807) is 6.08 Å². The summed E-state index contributed by atoms with van der Waals surface area (Å²) in [5.41, 5.74) is 0. The minimum Gasteiger partial charge on any atom is -0.466 e. The number of hydrogen-bond donors (Lipinski definition) is 3. The van der Waals surface area contributed by atoms with Crippen molar-refractivity contribution in [3.63, 3.8) is 0 Å². The lowest BCUT2D eigenvalue weighted by molar-refractivity contribution is -0.143. The van der Waals surface area contributed by atoms with Crippen LogP contribution in [-0.4, -0.2) is 47.4 Å². The van der Waals surface area contributed by atoms with Crippen LogP contribution in [0.4, 0.5) is 0 Å². The molecule has 0 fully saturated rings. The van der Waals surface area contributed by atoms with Gasteiger partial charge in [-0.25, -0.2) is 0 Å². The number of rotatable bonds is 71. The summed E-state index contributed by atoms with van der Waals surface area (Å²) in [6.45, 7) is 4.96. The topological polar surface area (TPSA) is 95.9 Å². The molecule has 0 radical (unpaired) electrons. The monoisotopic (exact) mass is 1140 g/mol. The van der Waals surface area contributed by atoms with Crippen LogP contribution < -0.4 is 5.32 Å². The summed E-state index contributed by atoms with van der Waals surface area (Å²) in [5, 5.41) is 23.2. The number of ether oxygens (including phenoxy) is 1. The highest BCUT2D eigenvalue weighted by molar-refractivity contribution is 5.76. The summed E-state index contributed by atoms with van der Waals surface area (Å²) in [6.07, 6.45) is 88.9. The fraction of sp³-hybridized carbons (Fsp3) is 0.947. The first-order chi connectivity index (χ1) is 40.0. The van der Waals surface area contributed by atoms with Gasteiger partial charge in [0.15, 0.2) is 0 Å².